The average Bonchev–Trinajstić information content (AvgIpc) is 2.84. The first kappa shape index (κ1) is 28.1. The van der Waals surface area contributed by atoms with E-state index in [4.69, 9.17) is 9.47 Å². The molecule has 0 fully saturated rings. The van der Waals surface area contributed by atoms with E-state index < -0.39 is 24.2 Å². The second-order valence-corrected chi connectivity index (χ2v) is 7.66. The molecule has 0 N–H and O–H groups in total. The van der Waals surface area contributed by atoms with Crippen LogP contribution in [0.1, 0.15) is 51.6 Å². The standard InChI is InChI=1S/C24H26O12/c1-16(10-12-29-23(27)33-35-31-21(25)19-8-4-6-17(2)14-19)11-13-30-24(28)34-36-32-22(26)20-9-5-7-18(3)15-20/h4-9,14-16H,10-13H2,1-3H3. The van der Waals surface area contributed by atoms with Crippen LogP contribution in [0.25, 0.3) is 0 Å². The van der Waals surface area contributed by atoms with E-state index in [-0.39, 0.29) is 30.3 Å². The highest BCUT2D eigenvalue weighted by atomic mass is 17.5. The maximum Gasteiger partial charge on any atom is 0.543 e. The van der Waals surface area contributed by atoms with E-state index in [0.717, 1.165) is 11.1 Å². The maximum absolute atomic E-state index is 11.7. The van der Waals surface area contributed by atoms with Crippen molar-refractivity contribution in [2.24, 2.45) is 5.92 Å². The molecule has 36 heavy (non-hydrogen) atoms. The molecular formula is C24H26O12. The Morgan fingerprint density at radius 1 is 0.667 bits per heavy atom. The molecule has 0 unspecified atom stereocenters. The molecule has 0 aromatic heterocycles. The van der Waals surface area contributed by atoms with Gasteiger partial charge in [0.15, 0.2) is 0 Å². The van der Waals surface area contributed by atoms with Crippen LogP contribution in [0.2, 0.25) is 0 Å². The molecule has 0 aliphatic carbocycles. The number of carbonyl (C=O) groups is 4. The fraction of sp³-hybridized carbons (Fsp3) is 0.333. The molecule has 12 nitrogen and oxygen atoms in total. The van der Waals surface area contributed by atoms with Gasteiger partial charge < -0.3 is 9.47 Å². The molecule has 2 aromatic carbocycles. The number of aryl methyl sites for hydroxylation is 2. The monoisotopic (exact) mass is 506 g/mol. The molecule has 2 aromatic rings. The van der Waals surface area contributed by atoms with E-state index in [1.54, 1.807) is 50.2 Å². The minimum atomic E-state index is -1.20. The summed E-state index contributed by atoms with van der Waals surface area (Å²) in [6.45, 7) is 5.36. The zero-order valence-electron chi connectivity index (χ0n) is 19.9. The third-order valence-electron chi connectivity index (χ3n) is 4.59. The van der Waals surface area contributed by atoms with Crippen molar-refractivity contribution in [3.05, 3.63) is 70.8 Å². The fourth-order valence-corrected chi connectivity index (χ4v) is 2.67. The lowest BCUT2D eigenvalue weighted by Crippen LogP contribution is -2.15. The van der Waals surface area contributed by atoms with Gasteiger partial charge in [0.2, 0.25) is 0 Å². The number of ether oxygens (including phenoxy) is 2. The topological polar surface area (TPSA) is 142 Å². The lowest BCUT2D eigenvalue weighted by molar-refractivity contribution is -0.452. The normalized spacial score (nSPS) is 10.3. The molecule has 0 bridgehead atoms. The Kier molecular flexibility index (Phi) is 11.7. The molecule has 0 amide bonds. The number of hydrogen-bond acceptors (Lipinski definition) is 12. The van der Waals surface area contributed by atoms with Gasteiger partial charge in [-0.05, 0) is 56.9 Å². The second kappa shape index (κ2) is 15.0. The maximum atomic E-state index is 11.7. The zero-order valence-corrected chi connectivity index (χ0v) is 19.9. The van der Waals surface area contributed by atoms with Crippen molar-refractivity contribution in [3.63, 3.8) is 0 Å². The van der Waals surface area contributed by atoms with E-state index in [2.05, 4.69) is 29.6 Å². The molecule has 2 rings (SSSR count). The molecule has 0 radical (unpaired) electrons. The summed E-state index contributed by atoms with van der Waals surface area (Å²) in [7, 11) is 0. The Bertz CT molecular complexity index is 954. The van der Waals surface area contributed by atoms with Crippen molar-refractivity contribution in [1.82, 2.24) is 0 Å². The van der Waals surface area contributed by atoms with E-state index in [9.17, 15) is 19.2 Å². The van der Waals surface area contributed by atoms with Gasteiger partial charge in [0.05, 0.1) is 34.4 Å². The van der Waals surface area contributed by atoms with Gasteiger partial charge in [-0.25, -0.2) is 29.0 Å². The highest BCUT2D eigenvalue weighted by molar-refractivity contribution is 5.89. The number of benzene rings is 2. The predicted molar refractivity (Wildman–Crippen MR) is 119 cm³/mol. The smallest absolute Gasteiger partial charge is 0.432 e. The quantitative estimate of drug-likeness (QED) is 0.223. The molecule has 0 aliphatic heterocycles. The molecule has 0 aliphatic rings. The summed E-state index contributed by atoms with van der Waals surface area (Å²) >= 11 is 0. The zero-order chi connectivity index (χ0) is 26.3. The van der Waals surface area contributed by atoms with Crippen molar-refractivity contribution in [2.45, 2.75) is 33.6 Å². The van der Waals surface area contributed by atoms with Crippen LogP contribution in [0.3, 0.4) is 0 Å². The second-order valence-electron chi connectivity index (χ2n) is 7.66. The summed E-state index contributed by atoms with van der Waals surface area (Å²) < 4.78 is 9.58. The fourth-order valence-electron chi connectivity index (χ4n) is 2.67. The molecule has 0 saturated heterocycles. The van der Waals surface area contributed by atoms with Gasteiger partial charge in [-0.1, -0.05) is 42.3 Å². The largest absolute Gasteiger partial charge is 0.543 e. The van der Waals surface area contributed by atoms with Crippen LogP contribution in [0, 0.1) is 19.8 Å². The Morgan fingerprint density at radius 3 is 1.47 bits per heavy atom. The van der Waals surface area contributed by atoms with Crippen molar-refractivity contribution < 1.29 is 58.3 Å². The Hall–Kier alpha value is -4.16. The van der Waals surface area contributed by atoms with Crippen LogP contribution < -0.4 is 0 Å². The highest BCUT2D eigenvalue weighted by Gasteiger charge is 2.15. The average molecular weight is 506 g/mol. The summed E-state index contributed by atoms with van der Waals surface area (Å²) in [5.41, 5.74) is 2.13. The molecule has 0 atom stereocenters. The molecule has 0 heterocycles. The molecular weight excluding hydrogens is 480 g/mol. The lowest BCUT2D eigenvalue weighted by atomic mass is 10.1. The first-order chi connectivity index (χ1) is 17.2. The Labute approximate surface area is 206 Å². The summed E-state index contributed by atoms with van der Waals surface area (Å²) in [5, 5.41) is 8.28. The van der Waals surface area contributed by atoms with E-state index >= 15 is 0 Å². The van der Waals surface area contributed by atoms with Crippen LogP contribution in [0.4, 0.5) is 9.59 Å². The van der Waals surface area contributed by atoms with Gasteiger partial charge in [-0.15, -0.1) is 0 Å². The minimum Gasteiger partial charge on any atom is -0.432 e. The van der Waals surface area contributed by atoms with E-state index in [1.165, 1.54) is 12.1 Å². The number of carbonyl (C=O) groups excluding carboxylic acids is 4. The van der Waals surface area contributed by atoms with E-state index in [1.807, 2.05) is 6.92 Å². The Morgan fingerprint density at radius 2 is 1.08 bits per heavy atom. The Balaban J connectivity index is 1.49. The molecule has 0 saturated carbocycles. The van der Waals surface area contributed by atoms with Crippen molar-refractivity contribution in [1.29, 1.82) is 0 Å². The van der Waals surface area contributed by atoms with Gasteiger partial charge in [-0.2, -0.15) is 0 Å². The lowest BCUT2D eigenvalue weighted by Gasteiger charge is -2.11. The van der Waals surface area contributed by atoms with Gasteiger partial charge in [0, 0.05) is 0 Å². The van der Waals surface area contributed by atoms with Gasteiger partial charge in [-0.3, -0.25) is 9.78 Å². The SMILES string of the molecule is Cc1cccc(C(=O)OOOC(=O)OCCC(C)CCOC(=O)OOOC(=O)c2cccc(C)c2)c1. The minimum absolute atomic E-state index is 0.0225. The van der Waals surface area contributed by atoms with Crippen molar-refractivity contribution >= 4 is 24.2 Å². The molecule has 194 valence electrons. The van der Waals surface area contributed by atoms with Crippen LogP contribution in [-0.4, -0.2) is 37.5 Å². The number of hydrogen-bond donors (Lipinski definition) is 0. The van der Waals surface area contributed by atoms with Gasteiger partial charge in [0.1, 0.15) is 0 Å². The van der Waals surface area contributed by atoms with Crippen LogP contribution >= 0.6 is 0 Å². The van der Waals surface area contributed by atoms with Crippen LogP contribution in [-0.2, 0) is 39.1 Å². The van der Waals surface area contributed by atoms with Crippen LogP contribution in [0.5, 0.6) is 0 Å². The summed E-state index contributed by atoms with van der Waals surface area (Å²) in [6, 6.07) is 13.1. The van der Waals surface area contributed by atoms with Crippen molar-refractivity contribution in [3.8, 4) is 0 Å². The highest BCUT2D eigenvalue weighted by Crippen LogP contribution is 2.10. The first-order valence-electron chi connectivity index (χ1n) is 10.8. The third-order valence-corrected chi connectivity index (χ3v) is 4.59. The van der Waals surface area contributed by atoms with Crippen molar-refractivity contribution in [2.75, 3.05) is 13.2 Å². The molecule has 12 heteroatoms. The summed E-state index contributed by atoms with van der Waals surface area (Å²) in [5.74, 6) is -1.70. The van der Waals surface area contributed by atoms with Gasteiger partial charge >= 0.3 is 24.2 Å². The van der Waals surface area contributed by atoms with Crippen LogP contribution in [0.15, 0.2) is 48.5 Å². The third kappa shape index (κ3) is 10.8. The predicted octanol–water partition coefficient (Wildman–Crippen LogP) is 4.73. The summed E-state index contributed by atoms with van der Waals surface area (Å²) in [4.78, 5) is 63.5. The van der Waals surface area contributed by atoms with Gasteiger partial charge in [0.25, 0.3) is 0 Å². The molecule has 0 spiro atoms. The first-order valence-corrected chi connectivity index (χ1v) is 10.8. The van der Waals surface area contributed by atoms with E-state index in [0.29, 0.717) is 12.8 Å². The summed E-state index contributed by atoms with van der Waals surface area (Å²) in [6.07, 6.45) is -1.59. The number of rotatable bonds is 12.